The molecule has 0 radical (unpaired) electrons. The Labute approximate surface area is 77.8 Å². The first kappa shape index (κ1) is 10.0. The highest BCUT2D eigenvalue weighted by atomic mass is 16.6. The zero-order valence-electron chi connectivity index (χ0n) is 8.24. The standard InChI is InChI=1S/C9H15NO3/c1-4-8(11)10-7(6(2)3)5-13-9(10)12/h6-7H,4-5H2,1-3H3. The second-order valence-corrected chi connectivity index (χ2v) is 3.51. The predicted octanol–water partition coefficient (Wildman–Crippen LogP) is 1.40. The molecule has 0 aromatic carbocycles. The SMILES string of the molecule is CCC(=O)N1C(=O)OCC1C(C)C. The zero-order valence-corrected chi connectivity index (χ0v) is 8.24. The molecule has 1 saturated heterocycles. The Kier molecular flexibility index (Phi) is 2.90. The molecule has 4 heteroatoms. The van der Waals surface area contributed by atoms with E-state index in [9.17, 15) is 9.59 Å². The molecule has 0 aromatic heterocycles. The molecule has 0 spiro atoms. The number of ether oxygens (including phenoxy) is 1. The van der Waals surface area contributed by atoms with Gasteiger partial charge in [-0.2, -0.15) is 0 Å². The zero-order chi connectivity index (χ0) is 10.0. The number of hydrogen-bond donors (Lipinski definition) is 0. The molecule has 74 valence electrons. The highest BCUT2D eigenvalue weighted by Gasteiger charge is 2.38. The van der Waals surface area contributed by atoms with Crippen LogP contribution in [0.15, 0.2) is 0 Å². The molecular weight excluding hydrogens is 170 g/mol. The quantitative estimate of drug-likeness (QED) is 0.653. The first-order valence-corrected chi connectivity index (χ1v) is 4.56. The van der Waals surface area contributed by atoms with E-state index in [-0.39, 0.29) is 17.9 Å². The molecule has 0 saturated carbocycles. The van der Waals surface area contributed by atoms with Gasteiger partial charge in [-0.15, -0.1) is 0 Å². The Morgan fingerprint density at radius 3 is 2.77 bits per heavy atom. The van der Waals surface area contributed by atoms with Crippen molar-refractivity contribution in [3.63, 3.8) is 0 Å². The smallest absolute Gasteiger partial charge is 0.416 e. The number of hydrogen-bond acceptors (Lipinski definition) is 3. The average Bonchev–Trinajstić information content (AvgIpc) is 2.46. The maximum absolute atomic E-state index is 11.4. The first-order valence-electron chi connectivity index (χ1n) is 4.56. The number of imide groups is 1. The summed E-state index contributed by atoms with van der Waals surface area (Å²) in [5.41, 5.74) is 0. The van der Waals surface area contributed by atoms with Gasteiger partial charge in [0.1, 0.15) is 6.61 Å². The molecular formula is C9H15NO3. The van der Waals surface area contributed by atoms with Crippen LogP contribution in [-0.2, 0) is 9.53 Å². The first-order chi connectivity index (χ1) is 6.07. The van der Waals surface area contributed by atoms with Crippen molar-refractivity contribution in [1.29, 1.82) is 0 Å². The number of carbonyl (C=O) groups excluding carboxylic acids is 2. The summed E-state index contributed by atoms with van der Waals surface area (Å²) in [5, 5.41) is 0. The van der Waals surface area contributed by atoms with Gasteiger partial charge in [-0.25, -0.2) is 9.69 Å². The van der Waals surface area contributed by atoms with E-state index >= 15 is 0 Å². The van der Waals surface area contributed by atoms with Gasteiger partial charge < -0.3 is 4.74 Å². The minimum Gasteiger partial charge on any atom is -0.447 e. The highest BCUT2D eigenvalue weighted by molar-refractivity contribution is 5.93. The van der Waals surface area contributed by atoms with Crippen LogP contribution >= 0.6 is 0 Å². The second-order valence-electron chi connectivity index (χ2n) is 3.51. The van der Waals surface area contributed by atoms with Crippen molar-refractivity contribution < 1.29 is 14.3 Å². The largest absolute Gasteiger partial charge is 0.447 e. The molecule has 1 fully saturated rings. The summed E-state index contributed by atoms with van der Waals surface area (Å²) in [6.07, 6.45) is -0.149. The fourth-order valence-corrected chi connectivity index (χ4v) is 1.38. The summed E-state index contributed by atoms with van der Waals surface area (Å²) in [6.45, 7) is 6.03. The topological polar surface area (TPSA) is 46.6 Å². The summed E-state index contributed by atoms with van der Waals surface area (Å²) < 4.78 is 4.83. The van der Waals surface area contributed by atoms with Crippen molar-refractivity contribution in [1.82, 2.24) is 4.90 Å². The maximum Gasteiger partial charge on any atom is 0.416 e. The Bertz CT molecular complexity index is 225. The lowest BCUT2D eigenvalue weighted by molar-refractivity contribution is -0.129. The molecule has 13 heavy (non-hydrogen) atoms. The molecule has 2 amide bonds. The van der Waals surface area contributed by atoms with Crippen molar-refractivity contribution in [2.45, 2.75) is 33.2 Å². The lowest BCUT2D eigenvalue weighted by atomic mass is 10.0. The number of cyclic esters (lactones) is 1. The predicted molar refractivity (Wildman–Crippen MR) is 47.1 cm³/mol. The van der Waals surface area contributed by atoms with Crippen LogP contribution in [0.5, 0.6) is 0 Å². The minimum atomic E-state index is -0.495. The van der Waals surface area contributed by atoms with Crippen LogP contribution in [-0.4, -0.2) is 29.5 Å². The molecule has 1 atom stereocenters. The van der Waals surface area contributed by atoms with Gasteiger partial charge in [0.15, 0.2) is 0 Å². The van der Waals surface area contributed by atoms with Gasteiger partial charge >= 0.3 is 6.09 Å². The van der Waals surface area contributed by atoms with Gasteiger partial charge in [0, 0.05) is 6.42 Å². The van der Waals surface area contributed by atoms with Crippen LogP contribution in [0.1, 0.15) is 27.2 Å². The van der Waals surface area contributed by atoms with Gasteiger partial charge in [0.25, 0.3) is 0 Å². The van der Waals surface area contributed by atoms with Gasteiger partial charge in [-0.05, 0) is 5.92 Å². The fraction of sp³-hybridized carbons (Fsp3) is 0.778. The van der Waals surface area contributed by atoms with Crippen LogP contribution in [0, 0.1) is 5.92 Å². The second kappa shape index (κ2) is 3.77. The molecule has 1 heterocycles. The molecule has 0 aromatic rings. The number of nitrogens with zero attached hydrogens (tertiary/aromatic N) is 1. The molecule has 1 aliphatic heterocycles. The van der Waals surface area contributed by atoms with Crippen molar-refractivity contribution in [2.75, 3.05) is 6.61 Å². The lowest BCUT2D eigenvalue weighted by Gasteiger charge is -2.21. The van der Waals surface area contributed by atoms with Crippen LogP contribution in [0.4, 0.5) is 4.79 Å². The van der Waals surface area contributed by atoms with Crippen LogP contribution in [0.25, 0.3) is 0 Å². The third kappa shape index (κ3) is 1.82. The molecule has 4 nitrogen and oxygen atoms in total. The summed E-state index contributed by atoms with van der Waals surface area (Å²) in [5.74, 6) is 0.100. The summed E-state index contributed by atoms with van der Waals surface area (Å²) in [6, 6.07) is -0.0834. The van der Waals surface area contributed by atoms with Crippen molar-refractivity contribution >= 4 is 12.0 Å². The average molecular weight is 185 g/mol. The Balaban J connectivity index is 2.77. The Morgan fingerprint density at radius 1 is 1.69 bits per heavy atom. The van der Waals surface area contributed by atoms with Crippen molar-refractivity contribution in [2.24, 2.45) is 5.92 Å². The van der Waals surface area contributed by atoms with E-state index in [0.29, 0.717) is 13.0 Å². The monoisotopic (exact) mass is 185 g/mol. The lowest BCUT2D eigenvalue weighted by Crippen LogP contribution is -2.41. The molecule has 1 aliphatic rings. The van der Waals surface area contributed by atoms with E-state index in [4.69, 9.17) is 4.74 Å². The van der Waals surface area contributed by atoms with Crippen LogP contribution in [0.2, 0.25) is 0 Å². The molecule has 0 aliphatic carbocycles. The molecule has 1 rings (SSSR count). The fourth-order valence-electron chi connectivity index (χ4n) is 1.38. The van der Waals surface area contributed by atoms with E-state index < -0.39 is 6.09 Å². The van der Waals surface area contributed by atoms with E-state index in [1.807, 2.05) is 13.8 Å². The van der Waals surface area contributed by atoms with Crippen molar-refractivity contribution in [3.8, 4) is 0 Å². The molecule has 0 bridgehead atoms. The normalized spacial score (nSPS) is 22.3. The van der Waals surface area contributed by atoms with Crippen molar-refractivity contribution in [3.05, 3.63) is 0 Å². The summed E-state index contributed by atoms with van der Waals surface area (Å²) in [7, 11) is 0. The number of carbonyl (C=O) groups is 2. The number of amides is 2. The third-order valence-corrected chi connectivity index (χ3v) is 2.25. The van der Waals surface area contributed by atoms with E-state index in [1.54, 1.807) is 6.92 Å². The highest BCUT2D eigenvalue weighted by Crippen LogP contribution is 2.20. The van der Waals surface area contributed by atoms with E-state index in [2.05, 4.69) is 0 Å². The van der Waals surface area contributed by atoms with Gasteiger partial charge in [0.05, 0.1) is 6.04 Å². The Hall–Kier alpha value is -1.06. The third-order valence-electron chi connectivity index (χ3n) is 2.25. The minimum absolute atomic E-state index is 0.0834. The van der Waals surface area contributed by atoms with E-state index in [0.717, 1.165) is 0 Å². The van der Waals surface area contributed by atoms with Gasteiger partial charge in [-0.1, -0.05) is 20.8 Å². The van der Waals surface area contributed by atoms with Gasteiger partial charge in [0.2, 0.25) is 5.91 Å². The summed E-state index contributed by atoms with van der Waals surface area (Å²) in [4.78, 5) is 23.8. The number of rotatable bonds is 2. The maximum atomic E-state index is 11.4. The van der Waals surface area contributed by atoms with E-state index in [1.165, 1.54) is 4.90 Å². The molecule has 0 N–H and O–H groups in total. The van der Waals surface area contributed by atoms with Gasteiger partial charge in [-0.3, -0.25) is 4.79 Å². The van der Waals surface area contributed by atoms with Crippen LogP contribution in [0.3, 0.4) is 0 Å². The summed E-state index contributed by atoms with van der Waals surface area (Å²) >= 11 is 0. The molecule has 1 unspecified atom stereocenters. The van der Waals surface area contributed by atoms with Crippen LogP contribution < -0.4 is 0 Å². The Morgan fingerprint density at radius 2 is 2.31 bits per heavy atom.